The number of aromatic nitrogens is 1. The Morgan fingerprint density at radius 1 is 1.24 bits per heavy atom. The minimum Gasteiger partial charge on any atom is -0.372 e. The topological polar surface area (TPSA) is 100 Å². The molecule has 1 aliphatic rings. The number of nitrogens with zero attached hydrogens (tertiary/aromatic N) is 2. The Kier molecular flexibility index (Phi) is 7.91. The zero-order valence-electron chi connectivity index (χ0n) is 18.8. The Balaban J connectivity index is 1.67. The molecular weight excluding hydrogens is 471 g/mol. The highest BCUT2D eigenvalue weighted by molar-refractivity contribution is 6.33. The third-order valence-corrected chi connectivity index (χ3v) is 6.03. The van der Waals surface area contributed by atoms with E-state index < -0.39 is 17.8 Å². The first kappa shape index (κ1) is 25.6. The summed E-state index contributed by atoms with van der Waals surface area (Å²) in [5.74, 6) is -0.435. The van der Waals surface area contributed by atoms with Crippen molar-refractivity contribution in [2.24, 2.45) is 17.6 Å². The van der Waals surface area contributed by atoms with Crippen LogP contribution in [0.2, 0.25) is 5.02 Å². The lowest BCUT2D eigenvalue weighted by atomic mass is 9.97. The smallest absolute Gasteiger partial charge is 0.372 e. The van der Waals surface area contributed by atoms with Crippen molar-refractivity contribution in [1.29, 1.82) is 0 Å². The molecule has 2 aromatic rings. The number of nitrogens with one attached hydrogen (secondary N) is 2. The molecule has 3 rings (SSSR count). The van der Waals surface area contributed by atoms with Crippen molar-refractivity contribution < 1.29 is 22.8 Å². The maximum atomic E-state index is 12.9. The molecule has 11 heteroatoms. The lowest BCUT2D eigenvalue weighted by Crippen LogP contribution is -2.41. The van der Waals surface area contributed by atoms with Crippen LogP contribution in [0.25, 0.3) is 0 Å². The van der Waals surface area contributed by atoms with E-state index in [1.54, 1.807) is 12.1 Å². The second kappa shape index (κ2) is 10.5. The molecule has 2 heterocycles. The summed E-state index contributed by atoms with van der Waals surface area (Å²) in [6, 6.07) is 5.65. The summed E-state index contributed by atoms with van der Waals surface area (Å²) in [7, 11) is 0. The van der Waals surface area contributed by atoms with Crippen LogP contribution in [-0.2, 0) is 15.8 Å². The summed E-state index contributed by atoms with van der Waals surface area (Å²) in [5.41, 5.74) is 5.26. The zero-order valence-corrected chi connectivity index (χ0v) is 19.6. The fraction of sp³-hybridized carbons (Fsp3) is 0.435. The van der Waals surface area contributed by atoms with E-state index in [1.807, 2.05) is 18.7 Å². The Hall–Kier alpha value is -3.01. The number of halogens is 4. The van der Waals surface area contributed by atoms with E-state index in [9.17, 15) is 22.8 Å². The number of alkyl halides is 3. The SMILES string of the molecule is CC(C)[C@H](Nc1ccc(C(F)(F)F)cc1Cl)C(=O)Nc1ccc(N2CCCC(C(N)=O)C2)nc1. The number of hydrogen-bond donors (Lipinski definition) is 3. The van der Waals surface area contributed by atoms with Gasteiger partial charge in [-0.2, -0.15) is 13.2 Å². The predicted molar refractivity (Wildman–Crippen MR) is 126 cm³/mol. The first-order valence-corrected chi connectivity index (χ1v) is 11.3. The number of carbonyl (C=O) groups excluding carboxylic acids is 2. The standard InChI is InChI=1S/C23H27ClF3N5O2/c1-13(2)20(31-18-7-5-15(10-17(18)24)23(25,26)27)22(34)30-16-6-8-19(29-11-16)32-9-3-4-14(12-32)21(28)33/h5-8,10-11,13-14,20,31H,3-4,9,12H2,1-2H3,(H2,28,33)(H,30,34)/t14?,20-/m0/s1. The van der Waals surface area contributed by atoms with E-state index in [-0.39, 0.29) is 34.4 Å². The van der Waals surface area contributed by atoms with Crippen molar-refractivity contribution >= 4 is 40.6 Å². The molecular formula is C23H27ClF3N5O2. The largest absolute Gasteiger partial charge is 0.416 e. The van der Waals surface area contributed by atoms with Crippen molar-refractivity contribution in [3.05, 3.63) is 47.1 Å². The number of piperidine rings is 1. The Morgan fingerprint density at radius 2 is 1.97 bits per heavy atom. The fourth-order valence-corrected chi connectivity index (χ4v) is 4.03. The maximum Gasteiger partial charge on any atom is 0.416 e. The third kappa shape index (κ3) is 6.31. The molecule has 1 aromatic heterocycles. The van der Waals surface area contributed by atoms with Crippen LogP contribution in [0.15, 0.2) is 36.5 Å². The van der Waals surface area contributed by atoms with Crippen LogP contribution in [0.4, 0.5) is 30.4 Å². The van der Waals surface area contributed by atoms with Crippen LogP contribution in [0.3, 0.4) is 0 Å². The Bertz CT molecular complexity index is 1030. The number of hydrogen-bond acceptors (Lipinski definition) is 5. The number of anilines is 3. The van der Waals surface area contributed by atoms with E-state index in [1.165, 1.54) is 12.3 Å². The number of carbonyl (C=O) groups is 2. The van der Waals surface area contributed by atoms with Crippen LogP contribution in [0.5, 0.6) is 0 Å². The van der Waals surface area contributed by atoms with E-state index in [4.69, 9.17) is 17.3 Å². The molecule has 1 unspecified atom stereocenters. The molecule has 184 valence electrons. The van der Waals surface area contributed by atoms with Gasteiger partial charge in [0.1, 0.15) is 11.9 Å². The summed E-state index contributed by atoms with van der Waals surface area (Å²) < 4.78 is 38.7. The van der Waals surface area contributed by atoms with Gasteiger partial charge in [-0.25, -0.2) is 4.98 Å². The molecule has 2 atom stereocenters. The Labute approximate surface area is 200 Å². The summed E-state index contributed by atoms with van der Waals surface area (Å²) in [4.78, 5) is 30.8. The number of nitrogens with two attached hydrogens (primary N) is 1. The molecule has 1 saturated heterocycles. The normalized spacial score (nSPS) is 17.4. The van der Waals surface area contributed by atoms with Gasteiger partial charge in [0.05, 0.1) is 34.1 Å². The molecule has 4 N–H and O–H groups in total. The second-order valence-electron chi connectivity index (χ2n) is 8.64. The van der Waals surface area contributed by atoms with E-state index in [0.717, 1.165) is 31.5 Å². The van der Waals surface area contributed by atoms with E-state index in [2.05, 4.69) is 15.6 Å². The predicted octanol–water partition coefficient (Wildman–Crippen LogP) is 4.53. The lowest BCUT2D eigenvalue weighted by Gasteiger charge is -2.32. The Morgan fingerprint density at radius 3 is 2.53 bits per heavy atom. The average Bonchev–Trinajstić information content (AvgIpc) is 2.77. The maximum absolute atomic E-state index is 12.9. The van der Waals surface area contributed by atoms with E-state index in [0.29, 0.717) is 18.1 Å². The van der Waals surface area contributed by atoms with Gasteiger partial charge in [0, 0.05) is 13.1 Å². The number of benzene rings is 1. The molecule has 7 nitrogen and oxygen atoms in total. The minimum absolute atomic E-state index is 0.130. The molecule has 1 fully saturated rings. The van der Waals surface area contributed by atoms with Crippen LogP contribution in [0, 0.1) is 11.8 Å². The highest BCUT2D eigenvalue weighted by Crippen LogP contribution is 2.34. The van der Waals surface area contributed by atoms with E-state index >= 15 is 0 Å². The molecule has 1 aromatic carbocycles. The van der Waals surface area contributed by atoms with Gasteiger partial charge in [-0.05, 0) is 49.1 Å². The molecule has 1 aliphatic heterocycles. The summed E-state index contributed by atoms with van der Waals surface area (Å²) in [5, 5.41) is 5.59. The van der Waals surface area contributed by atoms with Gasteiger partial charge in [-0.3, -0.25) is 9.59 Å². The van der Waals surface area contributed by atoms with Crippen molar-refractivity contribution in [2.75, 3.05) is 28.6 Å². The van der Waals surface area contributed by atoms with Gasteiger partial charge in [-0.1, -0.05) is 25.4 Å². The molecule has 34 heavy (non-hydrogen) atoms. The van der Waals surface area contributed by atoms with Crippen LogP contribution >= 0.6 is 11.6 Å². The van der Waals surface area contributed by atoms with Crippen LogP contribution < -0.4 is 21.3 Å². The number of pyridine rings is 1. The molecule has 0 radical (unpaired) electrons. The highest BCUT2D eigenvalue weighted by Gasteiger charge is 2.31. The fourth-order valence-electron chi connectivity index (χ4n) is 3.80. The zero-order chi connectivity index (χ0) is 25.0. The highest BCUT2D eigenvalue weighted by atomic mass is 35.5. The van der Waals surface area contributed by atoms with Crippen molar-refractivity contribution in [2.45, 2.75) is 38.9 Å². The molecule has 0 bridgehead atoms. The first-order valence-electron chi connectivity index (χ1n) is 10.9. The van der Waals surface area contributed by atoms with Crippen molar-refractivity contribution in [3.63, 3.8) is 0 Å². The molecule has 0 spiro atoms. The van der Waals surface area contributed by atoms with Gasteiger partial charge in [0.15, 0.2) is 0 Å². The van der Waals surface area contributed by atoms with Crippen molar-refractivity contribution in [1.82, 2.24) is 4.98 Å². The lowest BCUT2D eigenvalue weighted by molar-refractivity contribution is -0.137. The third-order valence-electron chi connectivity index (χ3n) is 5.72. The second-order valence-corrected chi connectivity index (χ2v) is 9.05. The van der Waals surface area contributed by atoms with Gasteiger partial charge < -0.3 is 21.3 Å². The van der Waals surface area contributed by atoms with Gasteiger partial charge >= 0.3 is 6.18 Å². The molecule has 2 amide bonds. The molecule has 0 saturated carbocycles. The number of amides is 2. The first-order chi connectivity index (χ1) is 16.0. The summed E-state index contributed by atoms with van der Waals surface area (Å²) in [6.07, 6.45) is -1.40. The monoisotopic (exact) mass is 497 g/mol. The quantitative estimate of drug-likeness (QED) is 0.522. The summed E-state index contributed by atoms with van der Waals surface area (Å²) in [6.45, 7) is 4.88. The number of rotatable bonds is 7. The molecule has 0 aliphatic carbocycles. The van der Waals surface area contributed by atoms with Crippen molar-refractivity contribution in [3.8, 4) is 0 Å². The van der Waals surface area contributed by atoms with Gasteiger partial charge in [0.25, 0.3) is 0 Å². The van der Waals surface area contributed by atoms with Crippen LogP contribution in [-0.4, -0.2) is 35.9 Å². The number of primary amides is 1. The summed E-state index contributed by atoms with van der Waals surface area (Å²) >= 11 is 6.03. The van der Waals surface area contributed by atoms with Gasteiger partial charge in [-0.15, -0.1) is 0 Å². The van der Waals surface area contributed by atoms with Crippen LogP contribution in [0.1, 0.15) is 32.3 Å². The van der Waals surface area contributed by atoms with Gasteiger partial charge in [0.2, 0.25) is 11.8 Å². The average molecular weight is 498 g/mol. The minimum atomic E-state index is -4.51.